The molecule has 0 saturated heterocycles. The van der Waals surface area contributed by atoms with E-state index in [1.165, 1.54) is 0 Å². The van der Waals surface area contributed by atoms with Gasteiger partial charge >= 0.3 is 0 Å². The van der Waals surface area contributed by atoms with Gasteiger partial charge in [-0.1, -0.05) is 18.2 Å². The Bertz CT molecular complexity index is 263. The Labute approximate surface area is 77.4 Å². The number of carbonyl (C=O) groups excluding carboxylic acids is 1. The second-order valence-electron chi connectivity index (χ2n) is 3.44. The van der Waals surface area contributed by atoms with Gasteiger partial charge in [-0.15, -0.1) is 0 Å². The molecule has 0 aromatic rings. The van der Waals surface area contributed by atoms with Gasteiger partial charge in [0.2, 0.25) is 0 Å². The van der Waals surface area contributed by atoms with Crippen LogP contribution in [0.15, 0.2) is 23.8 Å². The van der Waals surface area contributed by atoms with Gasteiger partial charge in [0.1, 0.15) is 0 Å². The number of aliphatic hydroxyl groups is 2. The van der Waals surface area contributed by atoms with Crippen molar-refractivity contribution in [1.29, 1.82) is 0 Å². The number of aliphatic hydroxyl groups excluding tert-OH is 1. The van der Waals surface area contributed by atoms with E-state index < -0.39 is 6.29 Å². The lowest BCUT2D eigenvalue weighted by molar-refractivity contribution is -0.120. The summed E-state index contributed by atoms with van der Waals surface area (Å²) in [6.45, 7) is 5.66. The maximum absolute atomic E-state index is 11.3. The third-order valence-electron chi connectivity index (χ3n) is 2.35. The summed E-state index contributed by atoms with van der Waals surface area (Å²) >= 11 is 0. The van der Waals surface area contributed by atoms with Gasteiger partial charge in [-0.3, -0.25) is 4.79 Å². The van der Waals surface area contributed by atoms with Crippen LogP contribution in [-0.2, 0) is 4.79 Å². The molecule has 0 fully saturated rings. The zero-order valence-electron chi connectivity index (χ0n) is 7.66. The molecule has 0 aromatic heterocycles. The molecule has 0 radical (unpaired) electrons. The van der Waals surface area contributed by atoms with E-state index in [2.05, 4.69) is 6.58 Å². The molecule has 0 spiro atoms. The van der Waals surface area contributed by atoms with Crippen LogP contribution in [0.5, 0.6) is 0 Å². The molecule has 0 heterocycles. The van der Waals surface area contributed by atoms with Crippen LogP contribution in [0.1, 0.15) is 19.8 Å². The molecule has 2 N–H and O–H groups in total. The normalized spacial score (nSPS) is 23.2. The Morgan fingerprint density at radius 3 is 2.69 bits per heavy atom. The summed E-state index contributed by atoms with van der Waals surface area (Å²) in [6.07, 6.45) is 0.987. The SMILES string of the molecule is C=C(C)C1CC=C(C(O)O)C(=O)C1. The van der Waals surface area contributed by atoms with Crippen molar-refractivity contribution >= 4 is 5.78 Å². The molecule has 13 heavy (non-hydrogen) atoms. The van der Waals surface area contributed by atoms with Crippen molar-refractivity contribution in [3.05, 3.63) is 23.8 Å². The highest BCUT2D eigenvalue weighted by molar-refractivity contribution is 5.97. The summed E-state index contributed by atoms with van der Waals surface area (Å²) < 4.78 is 0. The molecular formula is C10H14O3. The highest BCUT2D eigenvalue weighted by atomic mass is 16.5. The first-order valence-electron chi connectivity index (χ1n) is 4.27. The van der Waals surface area contributed by atoms with E-state index >= 15 is 0 Å². The maximum atomic E-state index is 11.3. The van der Waals surface area contributed by atoms with Crippen LogP contribution in [-0.4, -0.2) is 22.3 Å². The van der Waals surface area contributed by atoms with Crippen LogP contribution in [0.2, 0.25) is 0 Å². The smallest absolute Gasteiger partial charge is 0.181 e. The molecular weight excluding hydrogens is 168 g/mol. The number of rotatable bonds is 2. The van der Waals surface area contributed by atoms with Crippen molar-refractivity contribution in [2.45, 2.75) is 26.1 Å². The Hall–Kier alpha value is -0.930. The van der Waals surface area contributed by atoms with Gasteiger partial charge in [-0.05, 0) is 19.3 Å². The summed E-state index contributed by atoms with van der Waals surface area (Å²) in [6, 6.07) is 0. The van der Waals surface area contributed by atoms with E-state index in [4.69, 9.17) is 10.2 Å². The maximum Gasteiger partial charge on any atom is 0.181 e. The zero-order chi connectivity index (χ0) is 10.0. The average Bonchev–Trinajstić information content (AvgIpc) is 2.03. The van der Waals surface area contributed by atoms with Crippen LogP contribution in [0.25, 0.3) is 0 Å². The molecule has 0 bridgehead atoms. The van der Waals surface area contributed by atoms with Gasteiger partial charge in [0, 0.05) is 12.0 Å². The zero-order valence-corrected chi connectivity index (χ0v) is 7.66. The van der Waals surface area contributed by atoms with E-state index in [1.54, 1.807) is 6.08 Å². The summed E-state index contributed by atoms with van der Waals surface area (Å²) in [5.74, 6) is -0.0238. The molecule has 0 amide bonds. The highest BCUT2D eigenvalue weighted by Crippen LogP contribution is 2.26. The second-order valence-corrected chi connectivity index (χ2v) is 3.44. The monoisotopic (exact) mass is 182 g/mol. The number of ketones is 1. The first kappa shape index (κ1) is 10.2. The van der Waals surface area contributed by atoms with Crippen molar-refractivity contribution < 1.29 is 15.0 Å². The standard InChI is InChI=1S/C10H14O3/c1-6(2)7-3-4-8(10(12)13)9(11)5-7/h4,7,10,12-13H,1,3,5H2,2H3. The van der Waals surface area contributed by atoms with E-state index in [0.717, 1.165) is 5.57 Å². The van der Waals surface area contributed by atoms with Crippen molar-refractivity contribution in [3.8, 4) is 0 Å². The predicted molar refractivity (Wildman–Crippen MR) is 48.9 cm³/mol. The van der Waals surface area contributed by atoms with E-state index in [9.17, 15) is 4.79 Å². The summed E-state index contributed by atoms with van der Waals surface area (Å²) in [5, 5.41) is 17.6. The lowest BCUT2D eigenvalue weighted by atomic mass is 9.84. The number of hydrogen-bond acceptors (Lipinski definition) is 3. The minimum atomic E-state index is -1.63. The fraction of sp³-hybridized carbons (Fsp3) is 0.500. The molecule has 1 unspecified atom stereocenters. The third kappa shape index (κ3) is 2.26. The van der Waals surface area contributed by atoms with Gasteiger partial charge in [0.05, 0.1) is 0 Å². The lowest BCUT2D eigenvalue weighted by Crippen LogP contribution is -2.24. The molecule has 1 atom stereocenters. The summed E-state index contributed by atoms with van der Waals surface area (Å²) in [4.78, 5) is 11.3. The molecule has 1 aliphatic rings. The van der Waals surface area contributed by atoms with Crippen LogP contribution < -0.4 is 0 Å². The summed E-state index contributed by atoms with van der Waals surface area (Å²) in [5.41, 5.74) is 1.09. The largest absolute Gasteiger partial charge is 0.364 e. The lowest BCUT2D eigenvalue weighted by Gasteiger charge is -2.21. The average molecular weight is 182 g/mol. The minimum Gasteiger partial charge on any atom is -0.364 e. The number of allylic oxidation sites excluding steroid dienone is 2. The third-order valence-corrected chi connectivity index (χ3v) is 2.35. The Morgan fingerprint density at radius 2 is 2.31 bits per heavy atom. The molecule has 0 saturated carbocycles. The van der Waals surface area contributed by atoms with Gasteiger partial charge in [-0.2, -0.15) is 0 Å². The Morgan fingerprint density at radius 1 is 1.69 bits per heavy atom. The number of hydrogen-bond donors (Lipinski definition) is 2. The van der Waals surface area contributed by atoms with E-state index in [-0.39, 0.29) is 17.3 Å². The fourth-order valence-corrected chi connectivity index (χ4v) is 1.43. The van der Waals surface area contributed by atoms with E-state index in [1.807, 2.05) is 6.92 Å². The molecule has 3 heteroatoms. The van der Waals surface area contributed by atoms with Crippen LogP contribution >= 0.6 is 0 Å². The first-order valence-corrected chi connectivity index (χ1v) is 4.27. The van der Waals surface area contributed by atoms with Crippen LogP contribution in [0.4, 0.5) is 0 Å². The quantitative estimate of drug-likeness (QED) is 0.490. The molecule has 72 valence electrons. The van der Waals surface area contributed by atoms with Gasteiger partial charge in [-0.25, -0.2) is 0 Å². The number of carbonyl (C=O) groups is 1. The second kappa shape index (κ2) is 3.85. The molecule has 0 aliphatic heterocycles. The molecule has 1 aliphatic carbocycles. The van der Waals surface area contributed by atoms with Crippen molar-refractivity contribution in [2.24, 2.45) is 5.92 Å². The summed E-state index contributed by atoms with van der Waals surface area (Å²) in [7, 11) is 0. The van der Waals surface area contributed by atoms with Crippen LogP contribution in [0, 0.1) is 5.92 Å². The van der Waals surface area contributed by atoms with Gasteiger partial charge < -0.3 is 10.2 Å². The van der Waals surface area contributed by atoms with Crippen molar-refractivity contribution in [1.82, 2.24) is 0 Å². The van der Waals surface area contributed by atoms with Crippen LogP contribution in [0.3, 0.4) is 0 Å². The minimum absolute atomic E-state index is 0.123. The Kier molecular flexibility index (Phi) is 3.01. The molecule has 0 aromatic carbocycles. The van der Waals surface area contributed by atoms with E-state index in [0.29, 0.717) is 12.8 Å². The first-order chi connectivity index (χ1) is 6.02. The van der Waals surface area contributed by atoms with Crippen molar-refractivity contribution in [2.75, 3.05) is 0 Å². The molecule has 3 nitrogen and oxygen atoms in total. The van der Waals surface area contributed by atoms with Crippen molar-refractivity contribution in [3.63, 3.8) is 0 Å². The van der Waals surface area contributed by atoms with Gasteiger partial charge in [0.25, 0.3) is 0 Å². The predicted octanol–water partition coefficient (Wildman–Crippen LogP) is 0.779. The molecule has 1 rings (SSSR count). The topological polar surface area (TPSA) is 57.5 Å². The Balaban J connectivity index is 2.75. The fourth-order valence-electron chi connectivity index (χ4n) is 1.43. The number of Topliss-reactive ketones (excluding diaryl/α,β-unsaturated/α-hetero) is 1. The highest BCUT2D eigenvalue weighted by Gasteiger charge is 2.25. The van der Waals surface area contributed by atoms with Gasteiger partial charge in [0.15, 0.2) is 12.1 Å².